The number of nitrogens with zero attached hydrogens (tertiary/aromatic N) is 3. The summed E-state index contributed by atoms with van der Waals surface area (Å²) in [5.74, 6) is -0.152. The van der Waals surface area contributed by atoms with E-state index in [4.69, 9.17) is 9.72 Å². The molecule has 0 aliphatic heterocycles. The summed E-state index contributed by atoms with van der Waals surface area (Å²) in [5.41, 5.74) is 6.26. The number of nitriles is 1. The zero-order valence-electron chi connectivity index (χ0n) is 19.8. The smallest absolute Gasteiger partial charge is 0.316 e. The number of rotatable bonds is 4. The van der Waals surface area contributed by atoms with Crippen LogP contribution in [-0.4, -0.2) is 15.9 Å². The first-order valence-electron chi connectivity index (χ1n) is 11.0. The number of thiazole rings is 2. The Hall–Kier alpha value is -2.82. The number of carbonyl (C=O) groups excluding carboxylic acids is 1. The van der Waals surface area contributed by atoms with Crippen LogP contribution in [0.3, 0.4) is 0 Å². The minimum absolute atomic E-state index is 0.247. The minimum atomic E-state index is -0.713. The van der Waals surface area contributed by atoms with Gasteiger partial charge in [0.15, 0.2) is 5.76 Å². The van der Waals surface area contributed by atoms with E-state index in [9.17, 15) is 10.1 Å². The van der Waals surface area contributed by atoms with Gasteiger partial charge in [-0.2, -0.15) is 5.26 Å². The third kappa shape index (κ3) is 4.50. The summed E-state index contributed by atoms with van der Waals surface area (Å²) in [6.45, 7) is 11.3. The number of aryl methyl sites for hydroxylation is 4. The number of hydrogen-bond donors (Lipinski definition) is 0. The number of esters is 1. The second kappa shape index (κ2) is 8.85. The maximum Gasteiger partial charge on any atom is 0.316 e. The van der Waals surface area contributed by atoms with Gasteiger partial charge in [-0.05, 0) is 77.5 Å². The van der Waals surface area contributed by atoms with Gasteiger partial charge in [0.25, 0.3) is 0 Å². The van der Waals surface area contributed by atoms with Crippen LogP contribution in [-0.2, 0) is 22.4 Å². The predicted octanol–water partition coefficient (Wildman–Crippen LogP) is 6.66. The second-order valence-electron chi connectivity index (χ2n) is 9.39. The summed E-state index contributed by atoms with van der Waals surface area (Å²) in [4.78, 5) is 22.9. The molecule has 7 heteroatoms. The van der Waals surface area contributed by atoms with Crippen LogP contribution in [0.15, 0.2) is 17.5 Å². The van der Waals surface area contributed by atoms with Crippen LogP contribution in [0.1, 0.15) is 64.5 Å². The molecule has 2 heterocycles. The number of ether oxygens (including phenoxy) is 1. The first-order valence-corrected chi connectivity index (χ1v) is 12.7. The summed E-state index contributed by atoms with van der Waals surface area (Å²) in [6.07, 6.45) is 3.30. The summed E-state index contributed by atoms with van der Waals surface area (Å²) in [5, 5.41) is 13.6. The molecule has 170 valence electrons. The second-order valence-corrected chi connectivity index (χ2v) is 11.5. The van der Waals surface area contributed by atoms with Crippen molar-refractivity contribution in [3.8, 4) is 17.3 Å². The van der Waals surface area contributed by atoms with Gasteiger partial charge in [0, 0.05) is 10.9 Å². The minimum Gasteiger partial charge on any atom is -0.423 e. The molecule has 0 unspecified atom stereocenters. The molecule has 0 N–H and O–H groups in total. The van der Waals surface area contributed by atoms with E-state index in [2.05, 4.69) is 30.1 Å². The summed E-state index contributed by atoms with van der Waals surface area (Å²) < 4.78 is 5.87. The highest BCUT2D eigenvalue weighted by atomic mass is 32.1. The van der Waals surface area contributed by atoms with Crippen molar-refractivity contribution in [2.24, 2.45) is 5.41 Å². The van der Waals surface area contributed by atoms with Crippen molar-refractivity contribution in [3.63, 3.8) is 0 Å². The van der Waals surface area contributed by atoms with Crippen LogP contribution in [0.5, 0.6) is 0 Å². The van der Waals surface area contributed by atoms with E-state index in [0.29, 0.717) is 9.88 Å². The molecule has 0 saturated carbocycles. The van der Waals surface area contributed by atoms with Crippen molar-refractivity contribution in [1.82, 2.24) is 9.97 Å². The molecule has 2 aromatic heterocycles. The quantitative estimate of drug-likeness (QED) is 0.238. The van der Waals surface area contributed by atoms with E-state index in [0.717, 1.165) is 35.7 Å². The summed E-state index contributed by atoms with van der Waals surface area (Å²) in [6, 6.07) is 6.64. The molecule has 1 aromatic carbocycles. The van der Waals surface area contributed by atoms with Crippen LogP contribution in [0.25, 0.3) is 22.6 Å². The molecule has 0 atom stereocenters. The molecule has 0 amide bonds. The van der Waals surface area contributed by atoms with E-state index in [-0.39, 0.29) is 11.3 Å². The monoisotopic (exact) mass is 477 g/mol. The van der Waals surface area contributed by atoms with E-state index >= 15 is 0 Å². The SMILES string of the molecule is Cc1nc(C)c(C(OC(=O)C(C)(C)C)=C(C#N)c2nc(-c3c(C)ccc4c3CCC4)cs2)s1. The predicted molar refractivity (Wildman–Crippen MR) is 134 cm³/mol. The molecule has 0 saturated heterocycles. The zero-order chi connectivity index (χ0) is 23.9. The van der Waals surface area contributed by atoms with Gasteiger partial charge in [-0.3, -0.25) is 4.79 Å². The highest BCUT2D eigenvalue weighted by molar-refractivity contribution is 7.13. The molecule has 4 rings (SSSR count). The van der Waals surface area contributed by atoms with Gasteiger partial charge in [0.05, 0.1) is 26.7 Å². The van der Waals surface area contributed by atoms with Gasteiger partial charge in [0.2, 0.25) is 0 Å². The Morgan fingerprint density at radius 3 is 2.55 bits per heavy atom. The van der Waals surface area contributed by atoms with Crippen LogP contribution in [0, 0.1) is 37.5 Å². The number of allylic oxidation sites excluding steroid dienone is 1. The summed E-state index contributed by atoms with van der Waals surface area (Å²) in [7, 11) is 0. The van der Waals surface area contributed by atoms with Gasteiger partial charge in [-0.1, -0.05) is 12.1 Å². The lowest BCUT2D eigenvalue weighted by molar-refractivity contribution is -0.145. The average molecular weight is 478 g/mol. The lowest BCUT2D eigenvalue weighted by Crippen LogP contribution is -2.22. The Balaban J connectivity index is 1.86. The number of fused-ring (bicyclic) bond motifs is 1. The van der Waals surface area contributed by atoms with Crippen LogP contribution >= 0.6 is 22.7 Å². The van der Waals surface area contributed by atoms with E-state index in [1.807, 2.05) is 19.2 Å². The molecule has 1 aliphatic carbocycles. The fourth-order valence-electron chi connectivity index (χ4n) is 4.04. The topological polar surface area (TPSA) is 75.9 Å². The molecule has 5 nitrogen and oxygen atoms in total. The van der Waals surface area contributed by atoms with Crippen LogP contribution < -0.4 is 0 Å². The standard InChI is InChI=1S/C26H27N3O2S2/c1-14-10-11-17-8-7-9-18(17)21(14)20-13-32-24(29-20)19(12-27)22(31-25(30)26(4,5)6)23-15(2)28-16(3)33-23/h10-11,13H,7-9H2,1-6H3. The van der Waals surface area contributed by atoms with Gasteiger partial charge in [-0.25, -0.2) is 9.97 Å². The van der Waals surface area contributed by atoms with E-state index in [1.54, 1.807) is 20.8 Å². The molecular weight excluding hydrogens is 450 g/mol. The van der Waals surface area contributed by atoms with Crippen LogP contribution in [0.4, 0.5) is 0 Å². The normalized spacial score (nSPS) is 14.0. The Morgan fingerprint density at radius 1 is 1.15 bits per heavy atom. The molecule has 0 bridgehead atoms. The molecule has 33 heavy (non-hydrogen) atoms. The van der Waals surface area contributed by atoms with Crippen molar-refractivity contribution >= 4 is 40.0 Å². The first-order chi connectivity index (χ1) is 15.6. The Labute approximate surface area is 202 Å². The highest BCUT2D eigenvalue weighted by Gasteiger charge is 2.30. The van der Waals surface area contributed by atoms with Crippen molar-refractivity contribution in [2.75, 3.05) is 0 Å². The average Bonchev–Trinajstić information content (AvgIpc) is 3.47. The third-order valence-electron chi connectivity index (χ3n) is 5.72. The fourth-order valence-corrected chi connectivity index (χ4v) is 5.75. The third-order valence-corrected chi connectivity index (χ3v) is 7.65. The van der Waals surface area contributed by atoms with Gasteiger partial charge < -0.3 is 4.74 Å². The molecule has 3 aromatic rings. The van der Waals surface area contributed by atoms with Crippen molar-refractivity contribution in [2.45, 2.75) is 60.8 Å². The number of benzene rings is 1. The zero-order valence-corrected chi connectivity index (χ0v) is 21.5. The van der Waals surface area contributed by atoms with Crippen molar-refractivity contribution in [3.05, 3.63) is 54.8 Å². The number of aromatic nitrogens is 2. The van der Waals surface area contributed by atoms with Crippen molar-refractivity contribution < 1.29 is 9.53 Å². The van der Waals surface area contributed by atoms with Gasteiger partial charge in [0.1, 0.15) is 16.6 Å². The molecule has 0 spiro atoms. The maximum atomic E-state index is 12.8. The Morgan fingerprint density at radius 2 is 1.91 bits per heavy atom. The largest absolute Gasteiger partial charge is 0.423 e. The molecule has 1 aliphatic rings. The first kappa shape index (κ1) is 23.3. The van der Waals surface area contributed by atoms with E-state index < -0.39 is 11.4 Å². The Kier molecular flexibility index (Phi) is 6.26. The molecular formula is C26H27N3O2S2. The van der Waals surface area contributed by atoms with Crippen LogP contribution in [0.2, 0.25) is 0 Å². The fraction of sp³-hybridized carbons (Fsp3) is 0.385. The van der Waals surface area contributed by atoms with Gasteiger partial charge >= 0.3 is 5.97 Å². The Bertz CT molecular complexity index is 1320. The number of carbonyl (C=O) groups is 1. The van der Waals surface area contributed by atoms with Crippen molar-refractivity contribution in [1.29, 1.82) is 5.26 Å². The highest BCUT2D eigenvalue weighted by Crippen LogP contribution is 2.39. The molecule has 0 radical (unpaired) electrons. The lowest BCUT2D eigenvalue weighted by atomic mass is 9.96. The van der Waals surface area contributed by atoms with Gasteiger partial charge in [-0.15, -0.1) is 22.7 Å². The maximum absolute atomic E-state index is 12.8. The summed E-state index contributed by atoms with van der Waals surface area (Å²) >= 11 is 2.82. The van der Waals surface area contributed by atoms with E-state index in [1.165, 1.54) is 44.9 Å². The molecule has 0 fully saturated rings. The lowest BCUT2D eigenvalue weighted by Gasteiger charge is -2.18. The number of hydrogen-bond acceptors (Lipinski definition) is 7.